The van der Waals surface area contributed by atoms with Gasteiger partial charge in [-0.05, 0) is 80.5 Å². The van der Waals surface area contributed by atoms with E-state index in [1.54, 1.807) is 37.3 Å². The highest BCUT2D eigenvalue weighted by Crippen LogP contribution is 2.35. The van der Waals surface area contributed by atoms with E-state index in [1.807, 2.05) is 30.5 Å². The van der Waals surface area contributed by atoms with Crippen molar-refractivity contribution in [2.24, 2.45) is 0 Å². The van der Waals surface area contributed by atoms with E-state index in [0.717, 1.165) is 11.4 Å². The molecule has 0 bridgehead atoms. The summed E-state index contributed by atoms with van der Waals surface area (Å²) >= 11 is 5.32. The lowest BCUT2D eigenvalue weighted by Gasteiger charge is -2.30. The molecule has 0 atom stereocenters. The number of nitrogens with one attached hydrogen (secondary N) is 1. The molecule has 2 heterocycles. The number of ether oxygens (including phenoxy) is 2. The Morgan fingerprint density at radius 1 is 1.03 bits per heavy atom. The molecule has 1 aromatic heterocycles. The van der Waals surface area contributed by atoms with Gasteiger partial charge < -0.3 is 19.1 Å². The molecule has 10 heteroatoms. The number of aromatic carboxylic acids is 1. The van der Waals surface area contributed by atoms with Gasteiger partial charge in [0.1, 0.15) is 17.1 Å². The van der Waals surface area contributed by atoms with Gasteiger partial charge in [-0.25, -0.2) is 9.69 Å². The number of carboxylic acid groups (broad SMARTS) is 1. The number of rotatable bonds is 6. The van der Waals surface area contributed by atoms with Gasteiger partial charge in [-0.15, -0.1) is 0 Å². The van der Waals surface area contributed by atoms with Crippen molar-refractivity contribution in [2.75, 3.05) is 19.1 Å². The third-order valence-corrected chi connectivity index (χ3v) is 6.56. The van der Waals surface area contributed by atoms with Crippen LogP contribution in [0.5, 0.6) is 11.5 Å². The average molecular weight is 520 g/mol. The van der Waals surface area contributed by atoms with E-state index in [1.165, 1.54) is 25.2 Å². The van der Waals surface area contributed by atoms with Gasteiger partial charge in [0.05, 0.1) is 25.5 Å². The summed E-state index contributed by atoms with van der Waals surface area (Å²) in [7, 11) is 2.98. The van der Waals surface area contributed by atoms with E-state index in [-0.39, 0.29) is 16.2 Å². The number of carbonyl (C=O) groups excluding carboxylic acids is 2. The van der Waals surface area contributed by atoms with E-state index in [2.05, 4.69) is 5.32 Å². The van der Waals surface area contributed by atoms with Crippen LogP contribution in [-0.4, -0.2) is 46.8 Å². The molecule has 1 saturated heterocycles. The maximum atomic E-state index is 13.6. The van der Waals surface area contributed by atoms with Crippen LogP contribution >= 0.6 is 12.2 Å². The van der Waals surface area contributed by atoms with Gasteiger partial charge in [0.2, 0.25) is 0 Å². The van der Waals surface area contributed by atoms with Crippen LogP contribution in [0.2, 0.25) is 0 Å². The smallest absolute Gasteiger partial charge is 0.336 e. The summed E-state index contributed by atoms with van der Waals surface area (Å²) in [5.41, 5.74) is 3.92. The zero-order valence-corrected chi connectivity index (χ0v) is 21.7. The number of hydrogen-bond donors (Lipinski definition) is 2. The molecule has 190 valence electrons. The molecular formula is C27H25N3O6S. The molecule has 1 aliphatic heterocycles. The number of nitrogens with zero attached hydrogens (tertiary/aromatic N) is 2. The van der Waals surface area contributed by atoms with E-state index in [9.17, 15) is 19.5 Å². The zero-order valence-electron chi connectivity index (χ0n) is 20.9. The minimum absolute atomic E-state index is 0.0674. The van der Waals surface area contributed by atoms with E-state index in [4.69, 9.17) is 21.7 Å². The van der Waals surface area contributed by atoms with Crippen molar-refractivity contribution >= 4 is 46.9 Å². The fourth-order valence-corrected chi connectivity index (χ4v) is 4.68. The normalized spacial score (nSPS) is 14.7. The minimum Gasteiger partial charge on any atom is -0.497 e. The number of carbonyl (C=O) groups is 3. The number of thiocarbonyl (C=S) groups is 1. The molecule has 9 nitrogen and oxygen atoms in total. The summed E-state index contributed by atoms with van der Waals surface area (Å²) < 4.78 is 12.6. The SMILES string of the molecule is COc1ccc(N2C(=O)/C(=C\c3cc(C)n(-c4cccc(C(=O)O)c4C)c3C)C(=O)NC2=S)c(OC)c1. The molecule has 4 rings (SSSR count). The van der Waals surface area contributed by atoms with Crippen molar-refractivity contribution in [3.05, 3.63) is 76.1 Å². The summed E-state index contributed by atoms with van der Waals surface area (Å²) in [6, 6.07) is 11.8. The number of anilines is 1. The van der Waals surface area contributed by atoms with Crippen molar-refractivity contribution in [1.82, 2.24) is 9.88 Å². The third-order valence-electron chi connectivity index (χ3n) is 6.28. The Labute approximate surface area is 218 Å². The molecule has 37 heavy (non-hydrogen) atoms. The number of benzene rings is 2. The van der Waals surface area contributed by atoms with Crippen LogP contribution in [0.25, 0.3) is 11.8 Å². The van der Waals surface area contributed by atoms with Gasteiger partial charge >= 0.3 is 5.97 Å². The Bertz CT molecular complexity index is 1500. The van der Waals surface area contributed by atoms with Gasteiger partial charge in [-0.1, -0.05) is 6.07 Å². The van der Waals surface area contributed by atoms with Gasteiger partial charge in [-0.2, -0.15) is 0 Å². The quantitative estimate of drug-likeness (QED) is 0.288. The molecule has 2 amide bonds. The summed E-state index contributed by atoms with van der Waals surface area (Å²) in [6.45, 7) is 5.45. The second kappa shape index (κ2) is 9.90. The number of aryl methyl sites for hydroxylation is 1. The van der Waals surface area contributed by atoms with Gasteiger partial charge in [0.25, 0.3) is 11.8 Å². The average Bonchev–Trinajstić information content (AvgIpc) is 3.14. The first-order valence-electron chi connectivity index (χ1n) is 11.2. The molecule has 1 fully saturated rings. The van der Waals surface area contributed by atoms with Crippen LogP contribution in [0.4, 0.5) is 5.69 Å². The number of amides is 2. The van der Waals surface area contributed by atoms with Crippen LogP contribution < -0.4 is 19.7 Å². The van der Waals surface area contributed by atoms with Crippen molar-refractivity contribution in [2.45, 2.75) is 20.8 Å². The molecule has 3 aromatic rings. The largest absolute Gasteiger partial charge is 0.497 e. The van der Waals surface area contributed by atoms with Crippen LogP contribution in [0.3, 0.4) is 0 Å². The second-order valence-electron chi connectivity index (χ2n) is 8.41. The molecular weight excluding hydrogens is 494 g/mol. The second-order valence-corrected chi connectivity index (χ2v) is 8.80. The molecule has 0 unspecified atom stereocenters. The molecule has 2 N–H and O–H groups in total. The van der Waals surface area contributed by atoms with Gasteiger partial charge in [0, 0.05) is 23.1 Å². The van der Waals surface area contributed by atoms with Crippen molar-refractivity contribution in [3.63, 3.8) is 0 Å². The van der Waals surface area contributed by atoms with E-state index >= 15 is 0 Å². The fourth-order valence-electron chi connectivity index (χ4n) is 4.40. The molecule has 0 saturated carbocycles. The Hall–Kier alpha value is -4.44. The fraction of sp³-hybridized carbons (Fsp3) is 0.185. The monoisotopic (exact) mass is 519 g/mol. The Morgan fingerprint density at radius 2 is 1.76 bits per heavy atom. The van der Waals surface area contributed by atoms with Crippen LogP contribution in [-0.2, 0) is 9.59 Å². The van der Waals surface area contributed by atoms with Crippen LogP contribution in [0.15, 0.2) is 48.0 Å². The van der Waals surface area contributed by atoms with Crippen molar-refractivity contribution in [3.8, 4) is 17.2 Å². The summed E-state index contributed by atoms with van der Waals surface area (Å²) in [5.74, 6) is -1.36. The first-order chi connectivity index (χ1) is 17.6. The predicted molar refractivity (Wildman–Crippen MR) is 143 cm³/mol. The zero-order chi connectivity index (χ0) is 27.0. The molecule has 0 radical (unpaired) electrons. The highest BCUT2D eigenvalue weighted by molar-refractivity contribution is 7.80. The maximum Gasteiger partial charge on any atom is 0.336 e. The van der Waals surface area contributed by atoms with E-state index < -0.39 is 17.8 Å². The Kier molecular flexibility index (Phi) is 6.86. The number of methoxy groups -OCH3 is 2. The molecule has 0 spiro atoms. The number of hydrogen-bond acceptors (Lipinski definition) is 6. The van der Waals surface area contributed by atoms with Crippen LogP contribution in [0, 0.1) is 20.8 Å². The Morgan fingerprint density at radius 3 is 2.41 bits per heavy atom. The summed E-state index contributed by atoms with van der Waals surface area (Å²) in [6.07, 6.45) is 1.51. The Balaban J connectivity index is 1.80. The number of carboxylic acids is 1. The van der Waals surface area contributed by atoms with Gasteiger partial charge in [0.15, 0.2) is 5.11 Å². The highest BCUT2D eigenvalue weighted by atomic mass is 32.1. The first kappa shape index (κ1) is 25.6. The minimum atomic E-state index is -1.02. The standard InChI is InChI=1S/C27H25N3O6S/c1-14-11-17(16(3)29(14)21-8-6-7-19(15(21)2)26(33)34)12-20-24(31)28-27(37)30(25(20)32)22-10-9-18(35-4)13-23(22)36-5/h6-13H,1-5H3,(H,33,34)(H,28,31,37)/b20-12-. The summed E-state index contributed by atoms with van der Waals surface area (Å²) in [5, 5.41) is 12.0. The van der Waals surface area contributed by atoms with E-state index in [0.29, 0.717) is 34.0 Å². The lowest BCUT2D eigenvalue weighted by Crippen LogP contribution is -2.54. The lowest BCUT2D eigenvalue weighted by atomic mass is 10.1. The number of aromatic nitrogens is 1. The van der Waals surface area contributed by atoms with Crippen molar-refractivity contribution < 1.29 is 29.0 Å². The van der Waals surface area contributed by atoms with Gasteiger partial charge in [-0.3, -0.25) is 14.9 Å². The molecule has 1 aliphatic rings. The maximum absolute atomic E-state index is 13.6. The predicted octanol–water partition coefficient (Wildman–Crippen LogP) is 3.95. The highest BCUT2D eigenvalue weighted by Gasteiger charge is 2.36. The lowest BCUT2D eigenvalue weighted by molar-refractivity contribution is -0.122. The summed E-state index contributed by atoms with van der Waals surface area (Å²) in [4.78, 5) is 39.3. The van der Waals surface area contributed by atoms with Crippen LogP contribution in [0.1, 0.15) is 32.9 Å². The molecule has 0 aliphatic carbocycles. The van der Waals surface area contributed by atoms with Crippen molar-refractivity contribution in [1.29, 1.82) is 0 Å². The molecule has 2 aromatic carbocycles. The topological polar surface area (TPSA) is 110 Å². The third kappa shape index (κ3) is 4.47. The first-order valence-corrected chi connectivity index (χ1v) is 11.7.